The van der Waals surface area contributed by atoms with Gasteiger partial charge in [0.25, 0.3) is 5.91 Å². The first-order chi connectivity index (χ1) is 19.3. The van der Waals surface area contributed by atoms with Gasteiger partial charge >= 0.3 is 6.09 Å². The van der Waals surface area contributed by atoms with E-state index in [4.69, 9.17) is 0 Å². The molecule has 40 heavy (non-hydrogen) atoms. The zero-order chi connectivity index (χ0) is 28.3. The molecule has 3 aromatic rings. The molecule has 2 N–H and O–H groups in total. The predicted octanol–water partition coefficient (Wildman–Crippen LogP) is 3.96. The number of carbonyl (C=O) groups is 2. The van der Waals surface area contributed by atoms with Crippen LogP contribution in [0.15, 0.2) is 59.5 Å². The van der Waals surface area contributed by atoms with Crippen molar-refractivity contribution in [2.45, 2.75) is 50.6 Å². The van der Waals surface area contributed by atoms with Crippen LogP contribution >= 0.6 is 0 Å². The molecule has 0 bridgehead atoms. The highest BCUT2D eigenvalue weighted by atomic mass is 32.2. The van der Waals surface area contributed by atoms with E-state index in [9.17, 15) is 18.0 Å². The third kappa shape index (κ3) is 5.90. The van der Waals surface area contributed by atoms with Gasteiger partial charge in [0.1, 0.15) is 0 Å². The number of aromatic nitrogens is 2. The number of hydrogen-bond acceptors (Lipinski definition) is 6. The number of hydrogen-bond donors (Lipinski definition) is 2. The molecular formula is C29H35N5O5S. The number of sulfonamides is 1. The van der Waals surface area contributed by atoms with Crippen LogP contribution in [0, 0.1) is 18.8 Å². The molecule has 0 spiro atoms. The monoisotopic (exact) mass is 565 g/mol. The third-order valence-corrected chi connectivity index (χ3v) is 9.92. The number of fused-ring (bicyclic) bond motifs is 1. The Morgan fingerprint density at radius 3 is 2.33 bits per heavy atom. The number of aryl methyl sites for hydroxylation is 2. The number of carbonyl (C=O) groups excluding carboxylic acids is 2. The first-order valence-electron chi connectivity index (χ1n) is 13.6. The van der Waals surface area contributed by atoms with Gasteiger partial charge in [-0.2, -0.15) is 9.40 Å². The van der Waals surface area contributed by atoms with Crippen LogP contribution in [0.3, 0.4) is 0 Å². The van der Waals surface area contributed by atoms with Crippen LogP contribution in [-0.2, 0) is 34.3 Å². The summed E-state index contributed by atoms with van der Waals surface area (Å²) in [6.45, 7) is 4.02. The van der Waals surface area contributed by atoms with Gasteiger partial charge in [-0.1, -0.05) is 30.3 Å². The van der Waals surface area contributed by atoms with Crippen molar-refractivity contribution in [2.75, 3.05) is 25.5 Å². The quantitative estimate of drug-likeness (QED) is 0.447. The second kappa shape index (κ2) is 11.8. The van der Waals surface area contributed by atoms with Gasteiger partial charge in [0.15, 0.2) is 0 Å². The standard InChI is InChI=1S/C29H35N5O5S/c1-20-27(28(35)30-19-21-6-4-3-5-7-21)26-18-23(14-17-34(26)32-20)22-12-15-33(16-13-22)40(37,38)25-10-8-24(9-11-25)31-29(36)39-2/h3-11,22-23H,12-19H2,1-2H3,(H,30,35)(H,31,36). The summed E-state index contributed by atoms with van der Waals surface area (Å²) in [5, 5.41) is 10.2. The molecule has 2 aliphatic heterocycles. The number of nitrogens with one attached hydrogen (secondary N) is 2. The van der Waals surface area contributed by atoms with E-state index < -0.39 is 16.1 Å². The molecule has 1 aromatic heterocycles. The fraction of sp³-hybridized carbons (Fsp3) is 0.414. The van der Waals surface area contributed by atoms with Crippen molar-refractivity contribution < 1.29 is 22.7 Å². The minimum atomic E-state index is -3.64. The summed E-state index contributed by atoms with van der Waals surface area (Å²) < 4.78 is 34.6. The molecule has 212 valence electrons. The smallest absolute Gasteiger partial charge is 0.411 e. The molecule has 0 saturated carbocycles. The Balaban J connectivity index is 1.20. The topological polar surface area (TPSA) is 123 Å². The third-order valence-electron chi connectivity index (χ3n) is 8.01. The van der Waals surface area contributed by atoms with Gasteiger partial charge in [-0.05, 0) is 74.3 Å². The normalized spacial score (nSPS) is 18.1. The summed E-state index contributed by atoms with van der Waals surface area (Å²) in [6, 6.07) is 15.9. The number of methoxy groups -OCH3 is 1. The zero-order valence-corrected chi connectivity index (χ0v) is 23.6. The van der Waals surface area contributed by atoms with Crippen molar-refractivity contribution >= 4 is 27.7 Å². The number of rotatable bonds is 7. The van der Waals surface area contributed by atoms with Gasteiger partial charge in [0, 0.05) is 31.9 Å². The van der Waals surface area contributed by atoms with E-state index in [0.717, 1.165) is 49.2 Å². The molecule has 0 radical (unpaired) electrons. The molecule has 1 fully saturated rings. The molecule has 1 atom stereocenters. The summed E-state index contributed by atoms with van der Waals surface area (Å²) >= 11 is 0. The Bertz CT molecular complexity index is 1460. The van der Waals surface area contributed by atoms with E-state index >= 15 is 0 Å². The first-order valence-corrected chi connectivity index (χ1v) is 15.0. The van der Waals surface area contributed by atoms with Gasteiger partial charge in [-0.15, -0.1) is 0 Å². The van der Waals surface area contributed by atoms with E-state index in [0.29, 0.717) is 42.7 Å². The largest absolute Gasteiger partial charge is 0.453 e. The molecule has 11 heteroatoms. The lowest BCUT2D eigenvalue weighted by molar-refractivity contribution is 0.0947. The molecule has 1 saturated heterocycles. The van der Waals surface area contributed by atoms with Gasteiger partial charge in [0.2, 0.25) is 10.0 Å². The molecule has 3 heterocycles. The minimum absolute atomic E-state index is 0.100. The maximum atomic E-state index is 13.3. The lowest BCUT2D eigenvalue weighted by Crippen LogP contribution is -2.41. The van der Waals surface area contributed by atoms with Gasteiger partial charge in [-0.25, -0.2) is 13.2 Å². The Hall–Kier alpha value is -3.70. The van der Waals surface area contributed by atoms with Crippen molar-refractivity contribution in [2.24, 2.45) is 11.8 Å². The maximum Gasteiger partial charge on any atom is 0.411 e. The number of ether oxygens (including phenoxy) is 1. The summed E-state index contributed by atoms with van der Waals surface area (Å²) in [4.78, 5) is 24.8. The average Bonchev–Trinajstić information content (AvgIpc) is 3.31. The first kappa shape index (κ1) is 27.9. The Labute approximate surface area is 234 Å². The number of anilines is 1. The number of amides is 2. The van der Waals surface area contributed by atoms with Gasteiger partial charge in [0.05, 0.1) is 29.0 Å². The fourth-order valence-electron chi connectivity index (χ4n) is 5.84. The van der Waals surface area contributed by atoms with Crippen LogP contribution < -0.4 is 10.6 Å². The van der Waals surface area contributed by atoms with Crippen LogP contribution in [0.25, 0.3) is 0 Å². The molecule has 2 aromatic carbocycles. The molecule has 5 rings (SSSR count). The summed E-state index contributed by atoms with van der Waals surface area (Å²) in [5.74, 6) is 0.650. The average molecular weight is 566 g/mol. The van der Waals surface area contributed by atoms with Crippen molar-refractivity contribution in [1.82, 2.24) is 19.4 Å². The summed E-state index contributed by atoms with van der Waals surface area (Å²) in [7, 11) is -2.37. The minimum Gasteiger partial charge on any atom is -0.453 e. The van der Waals surface area contributed by atoms with Crippen molar-refractivity contribution in [3.63, 3.8) is 0 Å². The van der Waals surface area contributed by atoms with E-state index in [1.54, 1.807) is 16.4 Å². The van der Waals surface area contributed by atoms with Gasteiger partial charge in [-0.3, -0.25) is 14.8 Å². The highest BCUT2D eigenvalue weighted by Crippen LogP contribution is 2.36. The second-order valence-electron chi connectivity index (χ2n) is 10.4. The Morgan fingerprint density at radius 2 is 1.65 bits per heavy atom. The molecular weight excluding hydrogens is 530 g/mol. The molecule has 2 aliphatic rings. The fourth-order valence-corrected chi connectivity index (χ4v) is 7.31. The van der Waals surface area contributed by atoms with Gasteiger partial charge < -0.3 is 10.1 Å². The summed E-state index contributed by atoms with van der Waals surface area (Å²) in [6.07, 6.45) is 2.66. The Kier molecular flexibility index (Phi) is 8.22. The van der Waals surface area contributed by atoms with Crippen LogP contribution in [0.1, 0.15) is 46.6 Å². The predicted molar refractivity (Wildman–Crippen MR) is 150 cm³/mol. The maximum absolute atomic E-state index is 13.3. The van der Waals surface area contributed by atoms with E-state index in [-0.39, 0.29) is 10.8 Å². The molecule has 2 amide bonds. The van der Waals surface area contributed by atoms with Crippen molar-refractivity contribution in [3.8, 4) is 0 Å². The highest BCUT2D eigenvalue weighted by Gasteiger charge is 2.36. The van der Waals surface area contributed by atoms with Crippen molar-refractivity contribution in [1.29, 1.82) is 0 Å². The molecule has 1 unspecified atom stereocenters. The number of nitrogens with zero attached hydrogens (tertiary/aromatic N) is 3. The van der Waals surface area contributed by atoms with E-state index in [1.807, 2.05) is 41.9 Å². The summed E-state index contributed by atoms with van der Waals surface area (Å²) in [5.41, 5.74) is 3.91. The van der Waals surface area contributed by atoms with Crippen LogP contribution in [0.4, 0.5) is 10.5 Å². The highest BCUT2D eigenvalue weighted by molar-refractivity contribution is 7.89. The van der Waals surface area contributed by atoms with Crippen molar-refractivity contribution in [3.05, 3.63) is 77.1 Å². The van der Waals surface area contributed by atoms with E-state index in [1.165, 1.54) is 19.2 Å². The molecule has 0 aliphatic carbocycles. The van der Waals surface area contributed by atoms with Crippen LogP contribution in [0.2, 0.25) is 0 Å². The van der Waals surface area contributed by atoms with Crippen LogP contribution in [0.5, 0.6) is 0 Å². The lowest BCUT2D eigenvalue weighted by atomic mass is 9.78. The lowest BCUT2D eigenvalue weighted by Gasteiger charge is -2.37. The SMILES string of the molecule is COC(=O)Nc1ccc(S(=O)(=O)N2CCC(C3CCn4nc(C)c(C(=O)NCc5ccccc5)c4C3)CC2)cc1. The zero-order valence-electron chi connectivity index (χ0n) is 22.8. The number of benzene rings is 2. The molecule has 10 nitrogen and oxygen atoms in total. The Morgan fingerprint density at radius 1 is 0.975 bits per heavy atom. The van der Waals surface area contributed by atoms with E-state index in [2.05, 4.69) is 20.5 Å². The number of piperidine rings is 1. The second-order valence-corrected chi connectivity index (χ2v) is 12.4. The van der Waals surface area contributed by atoms with Crippen LogP contribution in [-0.4, -0.2) is 54.7 Å².